The minimum absolute atomic E-state index is 0.0540. The van der Waals surface area contributed by atoms with Crippen LogP contribution in [0.25, 0.3) is 0 Å². The maximum atomic E-state index is 12.4. The van der Waals surface area contributed by atoms with Crippen molar-refractivity contribution in [3.8, 4) is 0 Å². The van der Waals surface area contributed by atoms with E-state index in [9.17, 15) is 4.79 Å². The van der Waals surface area contributed by atoms with Gasteiger partial charge in [-0.05, 0) is 38.5 Å². The quantitative estimate of drug-likeness (QED) is 0.699. The summed E-state index contributed by atoms with van der Waals surface area (Å²) in [4.78, 5) is 12.4. The van der Waals surface area contributed by atoms with Gasteiger partial charge in [-0.2, -0.15) is 0 Å². The van der Waals surface area contributed by atoms with Crippen LogP contribution in [0.2, 0.25) is 0 Å². The topological polar surface area (TPSA) is 59.6 Å². The third-order valence-electron chi connectivity index (χ3n) is 4.88. The lowest BCUT2D eigenvalue weighted by atomic mass is 9.83. The van der Waals surface area contributed by atoms with Gasteiger partial charge in [-0.25, -0.2) is 0 Å². The SMILES string of the molecule is CCOCCC1(CNC(=O)[C@H]2NCCO[C@@H]2C)CCCC1. The molecule has 21 heavy (non-hydrogen) atoms. The Balaban J connectivity index is 1.82. The Morgan fingerprint density at radius 2 is 2.19 bits per heavy atom. The number of hydrogen-bond acceptors (Lipinski definition) is 4. The van der Waals surface area contributed by atoms with Gasteiger partial charge in [0.05, 0.1) is 12.7 Å². The summed E-state index contributed by atoms with van der Waals surface area (Å²) in [5.41, 5.74) is 0.240. The second kappa shape index (κ2) is 8.11. The van der Waals surface area contributed by atoms with E-state index in [4.69, 9.17) is 9.47 Å². The number of nitrogens with one attached hydrogen (secondary N) is 2. The molecule has 0 spiro atoms. The van der Waals surface area contributed by atoms with Crippen molar-refractivity contribution >= 4 is 5.91 Å². The Morgan fingerprint density at radius 1 is 1.43 bits per heavy atom. The molecule has 122 valence electrons. The summed E-state index contributed by atoms with van der Waals surface area (Å²) in [6.45, 7) is 7.75. The van der Waals surface area contributed by atoms with Crippen LogP contribution >= 0.6 is 0 Å². The average Bonchev–Trinajstić information content (AvgIpc) is 2.95. The van der Waals surface area contributed by atoms with Crippen molar-refractivity contribution in [1.29, 1.82) is 0 Å². The molecule has 2 N–H and O–H groups in total. The van der Waals surface area contributed by atoms with Crippen LogP contribution in [0.3, 0.4) is 0 Å². The zero-order valence-electron chi connectivity index (χ0n) is 13.5. The number of rotatable bonds is 7. The van der Waals surface area contributed by atoms with Crippen molar-refractivity contribution in [3.63, 3.8) is 0 Å². The zero-order chi connectivity index (χ0) is 15.1. The molecule has 2 fully saturated rings. The minimum Gasteiger partial charge on any atom is -0.382 e. The summed E-state index contributed by atoms with van der Waals surface area (Å²) in [6.07, 6.45) is 5.92. The second-order valence-corrected chi connectivity index (χ2v) is 6.38. The van der Waals surface area contributed by atoms with Crippen LogP contribution in [0, 0.1) is 5.41 Å². The molecule has 5 heteroatoms. The largest absolute Gasteiger partial charge is 0.382 e. The van der Waals surface area contributed by atoms with Crippen molar-refractivity contribution in [1.82, 2.24) is 10.6 Å². The average molecular weight is 298 g/mol. The molecule has 1 aliphatic heterocycles. The predicted molar refractivity (Wildman–Crippen MR) is 82.2 cm³/mol. The summed E-state index contributed by atoms with van der Waals surface area (Å²) in [5.74, 6) is 0.0740. The molecule has 0 aromatic rings. The van der Waals surface area contributed by atoms with Gasteiger partial charge in [-0.1, -0.05) is 12.8 Å². The first-order chi connectivity index (χ1) is 10.2. The van der Waals surface area contributed by atoms with Gasteiger partial charge in [0.15, 0.2) is 0 Å². The molecular formula is C16H30N2O3. The summed E-state index contributed by atoms with van der Waals surface area (Å²) in [7, 11) is 0. The van der Waals surface area contributed by atoms with E-state index in [0.29, 0.717) is 6.61 Å². The molecule has 1 saturated carbocycles. The number of amides is 1. The molecule has 0 bridgehead atoms. The van der Waals surface area contributed by atoms with E-state index in [1.165, 1.54) is 25.7 Å². The van der Waals surface area contributed by atoms with Gasteiger partial charge in [0, 0.05) is 26.3 Å². The molecule has 0 radical (unpaired) electrons. The second-order valence-electron chi connectivity index (χ2n) is 6.38. The van der Waals surface area contributed by atoms with Gasteiger partial charge in [0.2, 0.25) is 5.91 Å². The van der Waals surface area contributed by atoms with E-state index in [1.54, 1.807) is 0 Å². The highest BCUT2D eigenvalue weighted by Crippen LogP contribution is 2.40. The van der Waals surface area contributed by atoms with Crippen LogP contribution in [0.1, 0.15) is 46.0 Å². The smallest absolute Gasteiger partial charge is 0.239 e. The first-order valence-corrected chi connectivity index (χ1v) is 8.37. The Labute approximate surface area is 128 Å². The third-order valence-corrected chi connectivity index (χ3v) is 4.88. The molecule has 0 unspecified atom stereocenters. The third kappa shape index (κ3) is 4.66. The lowest BCUT2D eigenvalue weighted by molar-refractivity contribution is -0.129. The van der Waals surface area contributed by atoms with E-state index in [-0.39, 0.29) is 23.5 Å². The van der Waals surface area contributed by atoms with E-state index < -0.39 is 0 Å². The molecule has 2 atom stereocenters. The van der Waals surface area contributed by atoms with Crippen molar-refractivity contribution < 1.29 is 14.3 Å². The fourth-order valence-electron chi connectivity index (χ4n) is 3.49. The zero-order valence-corrected chi connectivity index (χ0v) is 13.5. The molecule has 1 amide bonds. The molecule has 1 heterocycles. The summed E-state index contributed by atoms with van der Waals surface area (Å²) < 4.78 is 11.1. The molecule has 0 aromatic carbocycles. The molecule has 0 aromatic heterocycles. The fraction of sp³-hybridized carbons (Fsp3) is 0.938. The first-order valence-electron chi connectivity index (χ1n) is 8.37. The highest BCUT2D eigenvalue weighted by molar-refractivity contribution is 5.82. The van der Waals surface area contributed by atoms with E-state index >= 15 is 0 Å². The predicted octanol–water partition coefficient (Wildman–Crippen LogP) is 1.47. The summed E-state index contributed by atoms with van der Waals surface area (Å²) in [6, 6.07) is -0.218. The van der Waals surface area contributed by atoms with Gasteiger partial charge in [0.25, 0.3) is 0 Å². The van der Waals surface area contributed by atoms with Crippen molar-refractivity contribution in [2.45, 2.75) is 58.1 Å². The first kappa shape index (κ1) is 16.7. The van der Waals surface area contributed by atoms with Crippen LogP contribution in [-0.2, 0) is 14.3 Å². The normalized spacial score (nSPS) is 28.5. The van der Waals surface area contributed by atoms with Gasteiger partial charge in [-0.3, -0.25) is 4.79 Å². The van der Waals surface area contributed by atoms with Crippen molar-refractivity contribution in [2.24, 2.45) is 5.41 Å². The highest BCUT2D eigenvalue weighted by Gasteiger charge is 2.35. The van der Waals surface area contributed by atoms with Gasteiger partial charge >= 0.3 is 0 Å². The monoisotopic (exact) mass is 298 g/mol. The number of hydrogen-bond donors (Lipinski definition) is 2. The van der Waals surface area contributed by atoms with Crippen LogP contribution in [0.5, 0.6) is 0 Å². The number of ether oxygens (including phenoxy) is 2. The fourth-order valence-corrected chi connectivity index (χ4v) is 3.49. The lowest BCUT2D eigenvalue weighted by Crippen LogP contribution is -2.56. The van der Waals surface area contributed by atoms with E-state index in [2.05, 4.69) is 10.6 Å². The Morgan fingerprint density at radius 3 is 2.86 bits per heavy atom. The Kier molecular flexibility index (Phi) is 6.45. The molecule has 2 rings (SSSR count). The van der Waals surface area contributed by atoms with Gasteiger partial charge in [-0.15, -0.1) is 0 Å². The van der Waals surface area contributed by atoms with Crippen molar-refractivity contribution in [2.75, 3.05) is 32.9 Å². The highest BCUT2D eigenvalue weighted by atomic mass is 16.5. The number of carbonyl (C=O) groups is 1. The van der Waals surface area contributed by atoms with Crippen LogP contribution in [0.4, 0.5) is 0 Å². The number of carbonyl (C=O) groups excluding carboxylic acids is 1. The molecule has 2 aliphatic rings. The van der Waals surface area contributed by atoms with Crippen LogP contribution in [0.15, 0.2) is 0 Å². The molecular weight excluding hydrogens is 268 g/mol. The van der Waals surface area contributed by atoms with E-state index in [0.717, 1.165) is 32.7 Å². The molecule has 1 aliphatic carbocycles. The summed E-state index contributed by atoms with van der Waals surface area (Å²) >= 11 is 0. The Bertz CT molecular complexity index is 329. The molecule has 1 saturated heterocycles. The van der Waals surface area contributed by atoms with Gasteiger partial charge in [0.1, 0.15) is 6.04 Å². The van der Waals surface area contributed by atoms with Crippen LogP contribution < -0.4 is 10.6 Å². The minimum atomic E-state index is -0.218. The standard InChI is InChI=1S/C16H30N2O3/c1-3-20-10-8-16(6-4-5-7-16)12-18-15(19)14-13(2)21-11-9-17-14/h13-14,17H,3-12H2,1-2H3,(H,18,19)/t13-,14+/m1/s1. The van der Waals surface area contributed by atoms with Crippen molar-refractivity contribution in [3.05, 3.63) is 0 Å². The Hall–Kier alpha value is -0.650. The van der Waals surface area contributed by atoms with E-state index in [1.807, 2.05) is 13.8 Å². The maximum Gasteiger partial charge on any atom is 0.239 e. The maximum absolute atomic E-state index is 12.4. The number of morpholine rings is 1. The summed E-state index contributed by atoms with van der Waals surface area (Å²) in [5, 5.41) is 6.40. The lowest BCUT2D eigenvalue weighted by Gasteiger charge is -2.33. The van der Waals surface area contributed by atoms with Crippen LogP contribution in [-0.4, -0.2) is 51.0 Å². The van der Waals surface area contributed by atoms with Gasteiger partial charge < -0.3 is 20.1 Å². The molecule has 5 nitrogen and oxygen atoms in total.